The zero-order valence-electron chi connectivity index (χ0n) is 10.6. The molecule has 1 unspecified atom stereocenters. The SMILES string of the molecule is C#CC(CCC)NS(=O)(=O)c1ccc(CNC)o1. The molecule has 0 saturated carbocycles. The molecule has 1 atom stereocenters. The van der Waals surface area contributed by atoms with E-state index in [1.165, 1.54) is 6.07 Å². The average Bonchev–Trinajstić information content (AvgIpc) is 2.78. The monoisotopic (exact) mass is 270 g/mol. The van der Waals surface area contributed by atoms with Crippen molar-refractivity contribution in [3.05, 3.63) is 17.9 Å². The van der Waals surface area contributed by atoms with E-state index in [0.29, 0.717) is 18.7 Å². The Bertz CT molecular complexity index is 514. The molecule has 2 N–H and O–H groups in total. The van der Waals surface area contributed by atoms with E-state index < -0.39 is 16.1 Å². The first kappa shape index (κ1) is 14.8. The number of hydrogen-bond acceptors (Lipinski definition) is 4. The first-order valence-electron chi connectivity index (χ1n) is 5.75. The van der Waals surface area contributed by atoms with Crippen molar-refractivity contribution in [3.8, 4) is 12.3 Å². The second-order valence-corrected chi connectivity index (χ2v) is 5.53. The molecule has 6 heteroatoms. The van der Waals surface area contributed by atoms with Crippen LogP contribution in [0.3, 0.4) is 0 Å². The molecule has 1 heterocycles. The summed E-state index contributed by atoms with van der Waals surface area (Å²) in [4.78, 5) is 0. The largest absolute Gasteiger partial charge is 0.447 e. The van der Waals surface area contributed by atoms with Gasteiger partial charge in [0.05, 0.1) is 12.6 Å². The van der Waals surface area contributed by atoms with Crippen LogP contribution in [0.4, 0.5) is 0 Å². The van der Waals surface area contributed by atoms with Gasteiger partial charge in [0.2, 0.25) is 5.09 Å². The molecule has 1 rings (SSSR count). The summed E-state index contributed by atoms with van der Waals surface area (Å²) in [5.74, 6) is 2.98. The molecule has 0 fully saturated rings. The minimum absolute atomic E-state index is 0.107. The fraction of sp³-hybridized carbons (Fsp3) is 0.500. The van der Waals surface area contributed by atoms with Gasteiger partial charge < -0.3 is 9.73 Å². The Kier molecular flexibility index (Phi) is 5.41. The Morgan fingerprint density at radius 1 is 1.50 bits per heavy atom. The highest BCUT2D eigenvalue weighted by Gasteiger charge is 2.21. The summed E-state index contributed by atoms with van der Waals surface area (Å²) in [5, 5.41) is 2.77. The van der Waals surface area contributed by atoms with Crippen LogP contribution < -0.4 is 10.0 Å². The lowest BCUT2D eigenvalue weighted by Gasteiger charge is -2.10. The predicted molar refractivity (Wildman–Crippen MR) is 69.3 cm³/mol. The highest BCUT2D eigenvalue weighted by molar-refractivity contribution is 7.89. The van der Waals surface area contributed by atoms with Gasteiger partial charge >= 0.3 is 0 Å². The number of nitrogens with one attached hydrogen (secondary N) is 2. The third-order valence-electron chi connectivity index (χ3n) is 2.33. The normalized spacial score (nSPS) is 13.2. The van der Waals surface area contributed by atoms with E-state index in [4.69, 9.17) is 10.8 Å². The number of rotatable bonds is 7. The van der Waals surface area contributed by atoms with E-state index in [9.17, 15) is 8.42 Å². The molecule has 0 aliphatic carbocycles. The van der Waals surface area contributed by atoms with Crippen molar-refractivity contribution in [1.29, 1.82) is 0 Å². The van der Waals surface area contributed by atoms with Crippen molar-refractivity contribution < 1.29 is 12.8 Å². The molecular formula is C12H18N2O3S. The lowest BCUT2D eigenvalue weighted by molar-refractivity contribution is 0.403. The summed E-state index contributed by atoms with van der Waals surface area (Å²) < 4.78 is 31.6. The third-order valence-corrected chi connectivity index (χ3v) is 3.67. The zero-order chi connectivity index (χ0) is 13.6. The molecule has 0 amide bonds. The molecular weight excluding hydrogens is 252 g/mol. The smallest absolute Gasteiger partial charge is 0.275 e. The van der Waals surface area contributed by atoms with Crippen molar-refractivity contribution in [2.24, 2.45) is 0 Å². The zero-order valence-corrected chi connectivity index (χ0v) is 11.4. The van der Waals surface area contributed by atoms with Gasteiger partial charge in [0.15, 0.2) is 0 Å². The Morgan fingerprint density at radius 2 is 2.22 bits per heavy atom. The number of hydrogen-bond donors (Lipinski definition) is 2. The van der Waals surface area contributed by atoms with E-state index in [1.54, 1.807) is 13.1 Å². The van der Waals surface area contributed by atoms with Gasteiger partial charge in [0, 0.05) is 0 Å². The van der Waals surface area contributed by atoms with E-state index in [1.807, 2.05) is 6.92 Å². The summed E-state index contributed by atoms with van der Waals surface area (Å²) in [6.07, 6.45) is 6.68. The molecule has 0 spiro atoms. The topological polar surface area (TPSA) is 71.3 Å². The third kappa shape index (κ3) is 3.88. The second-order valence-electron chi connectivity index (χ2n) is 3.88. The fourth-order valence-electron chi connectivity index (χ4n) is 1.48. The van der Waals surface area contributed by atoms with Gasteiger partial charge in [-0.15, -0.1) is 6.42 Å². The summed E-state index contributed by atoms with van der Waals surface area (Å²) in [7, 11) is -1.92. The van der Waals surface area contributed by atoms with E-state index in [-0.39, 0.29) is 5.09 Å². The van der Waals surface area contributed by atoms with Crippen molar-refractivity contribution in [2.45, 2.75) is 37.4 Å². The molecule has 18 heavy (non-hydrogen) atoms. The van der Waals surface area contributed by atoms with E-state index in [0.717, 1.165) is 6.42 Å². The van der Waals surface area contributed by atoms with Gasteiger partial charge in [-0.05, 0) is 25.6 Å². The molecule has 5 nitrogen and oxygen atoms in total. The van der Waals surface area contributed by atoms with Crippen LogP contribution in [0.2, 0.25) is 0 Å². The predicted octanol–water partition coefficient (Wildman–Crippen LogP) is 1.08. The van der Waals surface area contributed by atoms with Crippen molar-refractivity contribution >= 4 is 10.0 Å². The van der Waals surface area contributed by atoms with Crippen LogP contribution in [-0.4, -0.2) is 21.5 Å². The minimum atomic E-state index is -3.68. The molecule has 0 saturated heterocycles. The molecule has 1 aromatic heterocycles. The maximum atomic E-state index is 12.0. The minimum Gasteiger partial charge on any atom is -0.447 e. The van der Waals surface area contributed by atoms with Crippen LogP contribution in [0.5, 0.6) is 0 Å². The van der Waals surface area contributed by atoms with Gasteiger partial charge in [-0.2, -0.15) is 4.72 Å². The quantitative estimate of drug-likeness (QED) is 0.727. The van der Waals surface area contributed by atoms with E-state index >= 15 is 0 Å². The summed E-state index contributed by atoms with van der Waals surface area (Å²) >= 11 is 0. The number of terminal acetylenes is 1. The van der Waals surface area contributed by atoms with Crippen LogP contribution in [0, 0.1) is 12.3 Å². The maximum Gasteiger partial charge on any atom is 0.275 e. The molecule has 0 aliphatic rings. The first-order valence-corrected chi connectivity index (χ1v) is 7.23. The molecule has 0 aromatic carbocycles. The van der Waals surface area contributed by atoms with Gasteiger partial charge in [0.1, 0.15) is 5.76 Å². The van der Waals surface area contributed by atoms with Crippen molar-refractivity contribution in [2.75, 3.05) is 7.05 Å². The molecule has 0 aliphatic heterocycles. The highest BCUT2D eigenvalue weighted by Crippen LogP contribution is 2.14. The average molecular weight is 270 g/mol. The van der Waals surface area contributed by atoms with Crippen LogP contribution in [-0.2, 0) is 16.6 Å². The Morgan fingerprint density at radius 3 is 2.78 bits per heavy atom. The van der Waals surface area contributed by atoms with Crippen LogP contribution in [0.15, 0.2) is 21.6 Å². The van der Waals surface area contributed by atoms with Gasteiger partial charge in [-0.3, -0.25) is 0 Å². The lowest BCUT2D eigenvalue weighted by atomic mass is 10.2. The Balaban J connectivity index is 2.82. The van der Waals surface area contributed by atoms with Crippen LogP contribution in [0.25, 0.3) is 0 Å². The lowest BCUT2D eigenvalue weighted by Crippen LogP contribution is -2.33. The van der Waals surface area contributed by atoms with Gasteiger partial charge in [-0.25, -0.2) is 8.42 Å². The highest BCUT2D eigenvalue weighted by atomic mass is 32.2. The standard InChI is InChI=1S/C12H18N2O3S/c1-4-6-10(5-2)14-18(15,16)12-8-7-11(17-12)9-13-3/h2,7-8,10,13-14H,4,6,9H2,1,3H3. The first-order chi connectivity index (χ1) is 8.53. The van der Waals surface area contributed by atoms with Crippen LogP contribution in [0.1, 0.15) is 25.5 Å². The molecule has 1 aromatic rings. The van der Waals surface area contributed by atoms with Gasteiger partial charge in [-0.1, -0.05) is 19.3 Å². The van der Waals surface area contributed by atoms with Crippen LogP contribution >= 0.6 is 0 Å². The Hall–Kier alpha value is -1.29. The second kappa shape index (κ2) is 6.59. The molecule has 0 radical (unpaired) electrons. The van der Waals surface area contributed by atoms with Crippen molar-refractivity contribution in [3.63, 3.8) is 0 Å². The van der Waals surface area contributed by atoms with Gasteiger partial charge in [0.25, 0.3) is 10.0 Å². The van der Waals surface area contributed by atoms with Crippen molar-refractivity contribution in [1.82, 2.24) is 10.0 Å². The summed E-state index contributed by atoms with van der Waals surface area (Å²) in [6.45, 7) is 2.42. The summed E-state index contributed by atoms with van der Waals surface area (Å²) in [6, 6.07) is 2.54. The maximum absolute atomic E-state index is 12.0. The van der Waals surface area contributed by atoms with E-state index in [2.05, 4.69) is 16.0 Å². The summed E-state index contributed by atoms with van der Waals surface area (Å²) in [5.41, 5.74) is 0. The number of sulfonamides is 1. The molecule has 0 bridgehead atoms. The molecule has 100 valence electrons. The number of furan rings is 1. The fourth-order valence-corrected chi connectivity index (χ4v) is 2.62. The Labute approximate surface area is 108 Å².